The second kappa shape index (κ2) is 17.4. The molecule has 0 aliphatic carbocycles. The lowest BCUT2D eigenvalue weighted by molar-refractivity contribution is 0.483. The Bertz CT molecular complexity index is 3670. The molecule has 0 bridgehead atoms. The average Bonchev–Trinajstić information content (AvgIpc) is 3.95. The summed E-state index contributed by atoms with van der Waals surface area (Å²) in [5, 5.41) is 2.28. The van der Waals surface area contributed by atoms with Crippen molar-refractivity contribution in [1.82, 2.24) is 9.55 Å². The number of benzene rings is 9. The number of hydrogen-bond acceptors (Lipinski definition) is 4. The van der Waals surface area contributed by atoms with E-state index in [1.54, 1.807) is 0 Å². The zero-order valence-corrected chi connectivity index (χ0v) is 39.2. The van der Waals surface area contributed by atoms with Gasteiger partial charge in [-0.05, 0) is 123 Å². The summed E-state index contributed by atoms with van der Waals surface area (Å²) >= 11 is 0. The third-order valence-electron chi connectivity index (χ3n) is 13.5. The van der Waals surface area contributed by atoms with E-state index in [9.17, 15) is 4.39 Å². The molecule has 70 heavy (non-hydrogen) atoms. The van der Waals surface area contributed by atoms with Crippen LogP contribution in [0.15, 0.2) is 231 Å². The van der Waals surface area contributed by atoms with Crippen LogP contribution in [0.1, 0.15) is 26.3 Å². The van der Waals surface area contributed by atoms with Gasteiger partial charge in [0, 0.05) is 40.4 Å². The molecule has 3 heterocycles. The number of nitrogens with zero attached hydrogens (tertiary/aromatic N) is 4. The summed E-state index contributed by atoms with van der Waals surface area (Å²) in [6, 6.07) is 77.5. The summed E-state index contributed by atoms with van der Waals surface area (Å²) in [6.07, 6.45) is 1.92. The van der Waals surface area contributed by atoms with E-state index in [0.29, 0.717) is 18.2 Å². The number of hydrogen-bond donors (Lipinski definition) is 0. The van der Waals surface area contributed by atoms with Crippen molar-refractivity contribution in [1.29, 1.82) is 0 Å². The van der Waals surface area contributed by atoms with Gasteiger partial charge in [-0.25, -0.2) is 9.37 Å². The summed E-state index contributed by atoms with van der Waals surface area (Å²) < 4.78 is 23.7. The topological polar surface area (TPSA) is 33.5 Å². The van der Waals surface area contributed by atoms with Gasteiger partial charge in [0.15, 0.2) is 0 Å². The molecular formula is C64H49FN4O. The fraction of sp³-hybridized carbons (Fsp3) is 0.0781. The summed E-state index contributed by atoms with van der Waals surface area (Å²) in [7, 11) is 0. The van der Waals surface area contributed by atoms with Crippen LogP contribution in [0.4, 0.5) is 27.1 Å². The molecule has 0 amide bonds. The molecule has 1 aliphatic rings. The van der Waals surface area contributed by atoms with E-state index in [0.717, 1.165) is 94.9 Å². The molecule has 12 rings (SSSR count). The minimum atomic E-state index is -0.258. The molecule has 0 fully saturated rings. The lowest BCUT2D eigenvalue weighted by Crippen LogP contribution is -2.24. The first-order valence-corrected chi connectivity index (χ1v) is 23.8. The van der Waals surface area contributed by atoms with E-state index < -0.39 is 0 Å². The molecule has 9 aromatic carbocycles. The fourth-order valence-corrected chi connectivity index (χ4v) is 10.1. The van der Waals surface area contributed by atoms with Gasteiger partial charge in [0.1, 0.15) is 29.8 Å². The first-order valence-electron chi connectivity index (χ1n) is 23.8. The third kappa shape index (κ3) is 7.73. The molecule has 0 atom stereocenters. The lowest BCUT2D eigenvalue weighted by Gasteiger charge is -2.25. The second-order valence-corrected chi connectivity index (χ2v) is 19.0. The number of pyridine rings is 1. The average molecular weight is 909 g/mol. The number of ether oxygens (including phenoxy) is 1. The van der Waals surface area contributed by atoms with Crippen LogP contribution in [0.2, 0.25) is 0 Å². The van der Waals surface area contributed by atoms with Gasteiger partial charge >= 0.3 is 0 Å². The Hall–Kier alpha value is -8.74. The Kier molecular flexibility index (Phi) is 10.6. The van der Waals surface area contributed by atoms with Crippen molar-refractivity contribution in [2.45, 2.75) is 26.2 Å². The molecule has 338 valence electrons. The molecule has 11 aromatic rings. The van der Waals surface area contributed by atoms with Gasteiger partial charge in [-0.3, -0.25) is 4.57 Å². The van der Waals surface area contributed by atoms with Gasteiger partial charge in [0.25, 0.3) is 0 Å². The minimum absolute atomic E-state index is 0.0498. The third-order valence-corrected chi connectivity index (χ3v) is 13.5. The maximum Gasteiger partial charge on any atom is 0.137 e. The number of aromatic nitrogens is 2. The Morgan fingerprint density at radius 3 is 1.77 bits per heavy atom. The van der Waals surface area contributed by atoms with Crippen molar-refractivity contribution >= 4 is 44.6 Å². The van der Waals surface area contributed by atoms with Crippen molar-refractivity contribution in [3.05, 3.63) is 242 Å². The zero-order valence-electron chi connectivity index (χ0n) is 39.2. The normalized spacial score (nSPS) is 12.5. The molecule has 0 radical (unpaired) electrons. The highest BCUT2D eigenvalue weighted by atomic mass is 19.1. The largest absolute Gasteiger partial charge is 0.457 e. The molecule has 0 N–H and O–H groups in total. The highest BCUT2D eigenvalue weighted by Gasteiger charge is 2.30. The Labute approximate surface area is 408 Å². The monoisotopic (exact) mass is 908 g/mol. The Morgan fingerprint density at radius 1 is 0.457 bits per heavy atom. The zero-order chi connectivity index (χ0) is 47.3. The van der Waals surface area contributed by atoms with Crippen LogP contribution < -0.4 is 14.5 Å². The van der Waals surface area contributed by atoms with Crippen molar-refractivity contribution in [3.8, 4) is 61.8 Å². The van der Waals surface area contributed by atoms with Crippen LogP contribution in [-0.2, 0) is 5.41 Å². The fourth-order valence-electron chi connectivity index (χ4n) is 10.1. The molecule has 2 aromatic heterocycles. The van der Waals surface area contributed by atoms with Gasteiger partial charge in [-0.2, -0.15) is 0 Å². The highest BCUT2D eigenvalue weighted by Crippen LogP contribution is 2.50. The van der Waals surface area contributed by atoms with E-state index in [1.807, 2.05) is 24.4 Å². The summed E-state index contributed by atoms with van der Waals surface area (Å²) in [5.74, 6) is 2.02. The van der Waals surface area contributed by atoms with E-state index in [4.69, 9.17) is 9.72 Å². The summed E-state index contributed by atoms with van der Waals surface area (Å²) in [4.78, 5) is 9.67. The molecule has 1 aliphatic heterocycles. The van der Waals surface area contributed by atoms with Crippen molar-refractivity contribution < 1.29 is 9.13 Å². The van der Waals surface area contributed by atoms with Crippen LogP contribution in [0.5, 0.6) is 11.5 Å². The van der Waals surface area contributed by atoms with E-state index in [2.05, 4.69) is 229 Å². The maximum absolute atomic E-state index is 14.2. The van der Waals surface area contributed by atoms with Gasteiger partial charge in [0.05, 0.1) is 28.1 Å². The van der Waals surface area contributed by atoms with Crippen molar-refractivity contribution in [2.24, 2.45) is 0 Å². The number of fused-ring (bicyclic) bond motifs is 4. The standard InChI is InChI=1S/C64H49FN4O/c1-64(2,3)47-35-36-66-62(39-47)69-58-26-13-11-22-55(58)56-34-33-50(41-61(56)69)70-51-38-46(63-53(43-17-6-4-7-18-43)23-16-24-54(63)44-19-8-5-9-20-44)37-49(40-51)67-42-68(60-28-15-14-27-59(60)67)57-25-12-10-21-52(57)45-29-31-48(65)32-30-45/h4-41H,42H2,1-3H3. The molecule has 0 saturated heterocycles. The van der Waals surface area contributed by atoms with Crippen LogP contribution in [0, 0.1) is 5.82 Å². The molecule has 0 saturated carbocycles. The van der Waals surface area contributed by atoms with Gasteiger partial charge in [0.2, 0.25) is 0 Å². The van der Waals surface area contributed by atoms with Crippen LogP contribution in [0.3, 0.4) is 0 Å². The number of rotatable bonds is 9. The van der Waals surface area contributed by atoms with Crippen LogP contribution >= 0.6 is 0 Å². The predicted octanol–water partition coefficient (Wildman–Crippen LogP) is 17.3. The predicted molar refractivity (Wildman–Crippen MR) is 288 cm³/mol. The molecule has 0 spiro atoms. The summed E-state index contributed by atoms with van der Waals surface area (Å²) in [5.41, 5.74) is 16.0. The van der Waals surface area contributed by atoms with Gasteiger partial charge < -0.3 is 14.5 Å². The van der Waals surface area contributed by atoms with E-state index in [-0.39, 0.29) is 11.2 Å². The SMILES string of the molecule is CC(C)(C)c1ccnc(-n2c3ccccc3c3ccc(Oc4cc(-c5c(-c6ccccc6)cccc5-c5ccccc5)cc(N5CN(c6ccccc6-c6ccc(F)cc6)c6ccccc65)c4)cc32)c1. The van der Waals surface area contributed by atoms with Gasteiger partial charge in [-0.15, -0.1) is 0 Å². The maximum atomic E-state index is 14.2. The molecule has 5 nitrogen and oxygen atoms in total. The van der Waals surface area contributed by atoms with E-state index in [1.165, 1.54) is 17.7 Å². The molecule has 0 unspecified atom stereocenters. The quantitative estimate of drug-likeness (QED) is 0.144. The first kappa shape index (κ1) is 42.6. The highest BCUT2D eigenvalue weighted by molar-refractivity contribution is 6.09. The summed E-state index contributed by atoms with van der Waals surface area (Å²) in [6.45, 7) is 7.23. The molecular weight excluding hydrogens is 860 g/mol. The second-order valence-electron chi connectivity index (χ2n) is 19.0. The lowest BCUT2D eigenvalue weighted by atomic mass is 9.87. The van der Waals surface area contributed by atoms with Crippen molar-refractivity contribution in [2.75, 3.05) is 16.5 Å². The minimum Gasteiger partial charge on any atom is -0.457 e. The van der Waals surface area contributed by atoms with Crippen molar-refractivity contribution in [3.63, 3.8) is 0 Å². The number of halogens is 1. The smallest absolute Gasteiger partial charge is 0.137 e. The Balaban J connectivity index is 1.05. The Morgan fingerprint density at radius 2 is 1.06 bits per heavy atom. The van der Waals surface area contributed by atoms with Crippen LogP contribution in [-0.4, -0.2) is 16.2 Å². The number of para-hydroxylation sites is 4. The molecule has 6 heteroatoms. The first-order chi connectivity index (χ1) is 34.2. The van der Waals surface area contributed by atoms with Crippen LogP contribution in [0.25, 0.3) is 72.1 Å². The van der Waals surface area contributed by atoms with E-state index >= 15 is 0 Å². The number of anilines is 4. The van der Waals surface area contributed by atoms with Gasteiger partial charge in [-0.1, -0.05) is 160 Å².